The van der Waals surface area contributed by atoms with Crippen molar-refractivity contribution in [1.82, 2.24) is 9.97 Å². The van der Waals surface area contributed by atoms with Crippen molar-refractivity contribution in [3.63, 3.8) is 0 Å². The molecular formula is C18H15FN2S. The van der Waals surface area contributed by atoms with E-state index in [9.17, 15) is 4.39 Å². The van der Waals surface area contributed by atoms with Gasteiger partial charge in [-0.25, -0.2) is 14.4 Å². The molecule has 0 N–H and O–H groups in total. The first-order valence-corrected chi connectivity index (χ1v) is 7.98. The zero-order chi connectivity index (χ0) is 15.4. The number of aryl methyl sites for hydroxylation is 1. The summed E-state index contributed by atoms with van der Waals surface area (Å²) in [6, 6.07) is 18.8. The number of rotatable bonds is 4. The lowest BCUT2D eigenvalue weighted by Crippen LogP contribution is -1.94. The summed E-state index contributed by atoms with van der Waals surface area (Å²) in [5, 5.41) is 0.856. The summed E-state index contributed by atoms with van der Waals surface area (Å²) in [5.41, 5.74) is 2.63. The fourth-order valence-corrected chi connectivity index (χ4v) is 3.07. The molecule has 4 heteroatoms. The molecule has 0 bridgehead atoms. The number of thioether (sulfide) groups is 1. The number of benzene rings is 2. The van der Waals surface area contributed by atoms with Crippen LogP contribution in [0, 0.1) is 12.7 Å². The topological polar surface area (TPSA) is 25.8 Å². The van der Waals surface area contributed by atoms with Crippen LogP contribution in [0.1, 0.15) is 11.4 Å². The molecular weight excluding hydrogens is 295 g/mol. The Kier molecular flexibility index (Phi) is 4.49. The van der Waals surface area contributed by atoms with Gasteiger partial charge in [0.2, 0.25) is 0 Å². The van der Waals surface area contributed by atoms with Gasteiger partial charge in [-0.05, 0) is 24.6 Å². The van der Waals surface area contributed by atoms with Crippen molar-refractivity contribution < 1.29 is 4.39 Å². The highest BCUT2D eigenvalue weighted by Gasteiger charge is 2.07. The Balaban J connectivity index is 1.83. The molecule has 0 fully saturated rings. The average Bonchev–Trinajstić information content (AvgIpc) is 2.54. The fourth-order valence-electron chi connectivity index (χ4n) is 2.14. The molecule has 0 aliphatic rings. The van der Waals surface area contributed by atoms with Gasteiger partial charge in [0.05, 0.1) is 5.69 Å². The lowest BCUT2D eigenvalue weighted by Gasteiger charge is -2.07. The van der Waals surface area contributed by atoms with Crippen LogP contribution in [0.2, 0.25) is 0 Å². The highest BCUT2D eigenvalue weighted by molar-refractivity contribution is 7.98. The third kappa shape index (κ3) is 3.52. The van der Waals surface area contributed by atoms with Crippen molar-refractivity contribution in [2.45, 2.75) is 17.7 Å². The molecule has 1 aromatic heterocycles. The van der Waals surface area contributed by atoms with Gasteiger partial charge >= 0.3 is 0 Å². The molecule has 0 saturated heterocycles. The smallest absolute Gasteiger partial charge is 0.127 e. The van der Waals surface area contributed by atoms with Crippen LogP contribution in [0.3, 0.4) is 0 Å². The lowest BCUT2D eigenvalue weighted by atomic mass is 10.1. The van der Waals surface area contributed by atoms with E-state index in [1.165, 1.54) is 17.8 Å². The van der Waals surface area contributed by atoms with Crippen molar-refractivity contribution in [3.05, 3.63) is 77.9 Å². The predicted molar refractivity (Wildman–Crippen MR) is 88.2 cm³/mol. The molecule has 0 saturated carbocycles. The van der Waals surface area contributed by atoms with Gasteiger partial charge in [0.25, 0.3) is 0 Å². The van der Waals surface area contributed by atoms with Crippen molar-refractivity contribution in [1.29, 1.82) is 0 Å². The summed E-state index contributed by atoms with van der Waals surface area (Å²) in [6.07, 6.45) is 0. The zero-order valence-electron chi connectivity index (χ0n) is 12.2. The third-order valence-corrected chi connectivity index (χ3v) is 4.18. The maximum Gasteiger partial charge on any atom is 0.127 e. The molecule has 0 amide bonds. The first-order chi connectivity index (χ1) is 10.7. The summed E-state index contributed by atoms with van der Waals surface area (Å²) >= 11 is 1.52. The number of nitrogens with zero attached hydrogens (tertiary/aromatic N) is 2. The minimum Gasteiger partial charge on any atom is -0.233 e. The zero-order valence-corrected chi connectivity index (χ0v) is 13.0. The second-order valence-electron chi connectivity index (χ2n) is 4.88. The molecule has 0 aliphatic carbocycles. The van der Waals surface area contributed by atoms with Gasteiger partial charge in [0, 0.05) is 11.3 Å². The summed E-state index contributed by atoms with van der Waals surface area (Å²) < 4.78 is 13.7. The van der Waals surface area contributed by atoms with Gasteiger partial charge in [-0.1, -0.05) is 48.5 Å². The van der Waals surface area contributed by atoms with E-state index in [0.29, 0.717) is 11.3 Å². The first kappa shape index (κ1) is 14.7. The van der Waals surface area contributed by atoms with Crippen molar-refractivity contribution in [3.8, 4) is 11.3 Å². The largest absolute Gasteiger partial charge is 0.233 e. The van der Waals surface area contributed by atoms with Crippen LogP contribution in [0.5, 0.6) is 0 Å². The van der Waals surface area contributed by atoms with E-state index in [2.05, 4.69) is 9.97 Å². The quantitative estimate of drug-likeness (QED) is 0.507. The number of aromatic nitrogens is 2. The minimum absolute atomic E-state index is 0.177. The normalized spacial score (nSPS) is 10.6. The Hall–Kier alpha value is -2.20. The molecule has 0 unspecified atom stereocenters. The van der Waals surface area contributed by atoms with Gasteiger partial charge < -0.3 is 0 Å². The number of hydrogen-bond acceptors (Lipinski definition) is 3. The van der Waals surface area contributed by atoms with Crippen LogP contribution in [-0.2, 0) is 5.75 Å². The molecule has 0 atom stereocenters. The summed E-state index contributed by atoms with van der Waals surface area (Å²) in [7, 11) is 0. The molecule has 0 radical (unpaired) electrons. The average molecular weight is 310 g/mol. The monoisotopic (exact) mass is 310 g/mol. The van der Waals surface area contributed by atoms with E-state index in [0.717, 1.165) is 22.1 Å². The summed E-state index contributed by atoms with van der Waals surface area (Å²) in [4.78, 5) is 8.91. The molecule has 3 rings (SSSR count). The van der Waals surface area contributed by atoms with Crippen LogP contribution in [-0.4, -0.2) is 9.97 Å². The van der Waals surface area contributed by atoms with Crippen molar-refractivity contribution in [2.24, 2.45) is 0 Å². The molecule has 0 aliphatic heterocycles. The molecule has 1 heterocycles. The van der Waals surface area contributed by atoms with Gasteiger partial charge in [-0.15, -0.1) is 11.8 Å². The molecule has 2 aromatic carbocycles. The van der Waals surface area contributed by atoms with Crippen LogP contribution in [0.25, 0.3) is 11.3 Å². The summed E-state index contributed by atoms with van der Waals surface area (Å²) in [5.74, 6) is 1.10. The van der Waals surface area contributed by atoms with Gasteiger partial charge in [0.1, 0.15) is 16.7 Å². The standard InChI is InChI=1S/C18H15FN2S/c1-13-20-17(14-7-3-2-4-8-14)11-18(21-13)22-12-15-9-5-6-10-16(15)19/h2-11H,12H2,1H3. The Labute approximate surface area is 133 Å². The second-order valence-corrected chi connectivity index (χ2v) is 5.88. The van der Waals surface area contributed by atoms with E-state index in [1.54, 1.807) is 12.1 Å². The van der Waals surface area contributed by atoms with E-state index in [-0.39, 0.29) is 5.82 Å². The van der Waals surface area contributed by atoms with E-state index in [1.807, 2.05) is 49.4 Å². The van der Waals surface area contributed by atoms with Crippen LogP contribution < -0.4 is 0 Å². The maximum atomic E-state index is 13.7. The number of hydrogen-bond donors (Lipinski definition) is 0. The SMILES string of the molecule is Cc1nc(SCc2ccccc2F)cc(-c2ccccc2)n1. The first-order valence-electron chi connectivity index (χ1n) is 7.00. The lowest BCUT2D eigenvalue weighted by molar-refractivity contribution is 0.617. The Bertz CT molecular complexity index is 775. The van der Waals surface area contributed by atoms with Gasteiger partial charge in [-0.2, -0.15) is 0 Å². The molecule has 3 aromatic rings. The summed E-state index contributed by atoms with van der Waals surface area (Å²) in [6.45, 7) is 1.87. The minimum atomic E-state index is -0.177. The Morgan fingerprint density at radius 1 is 0.955 bits per heavy atom. The molecule has 2 nitrogen and oxygen atoms in total. The van der Waals surface area contributed by atoms with Crippen LogP contribution in [0.4, 0.5) is 4.39 Å². The molecule has 0 spiro atoms. The molecule has 110 valence electrons. The number of halogens is 1. The van der Waals surface area contributed by atoms with Crippen molar-refractivity contribution >= 4 is 11.8 Å². The Morgan fingerprint density at radius 2 is 1.68 bits per heavy atom. The van der Waals surface area contributed by atoms with Gasteiger partial charge in [0.15, 0.2) is 0 Å². The van der Waals surface area contributed by atoms with Crippen molar-refractivity contribution in [2.75, 3.05) is 0 Å². The third-order valence-electron chi connectivity index (χ3n) is 3.22. The second kappa shape index (κ2) is 6.71. The maximum absolute atomic E-state index is 13.7. The van der Waals surface area contributed by atoms with Crippen LogP contribution in [0.15, 0.2) is 65.7 Å². The highest BCUT2D eigenvalue weighted by Crippen LogP contribution is 2.26. The van der Waals surface area contributed by atoms with Crippen LogP contribution >= 0.6 is 11.8 Å². The van der Waals surface area contributed by atoms with E-state index < -0.39 is 0 Å². The fraction of sp³-hybridized carbons (Fsp3) is 0.111. The predicted octanol–water partition coefficient (Wildman–Crippen LogP) is 4.88. The van der Waals surface area contributed by atoms with E-state index >= 15 is 0 Å². The molecule has 22 heavy (non-hydrogen) atoms. The van der Waals surface area contributed by atoms with Gasteiger partial charge in [-0.3, -0.25) is 0 Å². The van der Waals surface area contributed by atoms with E-state index in [4.69, 9.17) is 0 Å². The Morgan fingerprint density at radius 3 is 2.45 bits per heavy atom. The highest BCUT2D eigenvalue weighted by atomic mass is 32.2.